The molecule has 0 aromatic carbocycles. The highest BCUT2D eigenvalue weighted by Crippen LogP contribution is 2.35. The maximum atomic E-state index is 13.7. The van der Waals surface area contributed by atoms with Crippen LogP contribution < -0.4 is 11.5 Å². The minimum atomic E-state index is -4.02. The standard InChI is InChI=1S/C62H125F3N2/c63-62(64,65)61(57-53-49-45-41-37-33-29-25-21-17-13-9-5-1-3-7-11-15-19-23-27-31-35-39-43-47-51-55-59-66)58-54-50-46-42-38-34-30-26-22-18-14-10-6-2-4-8-12-16-20-24-28-32-36-40-44-48-52-56-60-67/h61H,1-60,66-67H2. The van der Waals surface area contributed by atoms with E-state index in [2.05, 4.69) is 0 Å². The van der Waals surface area contributed by atoms with Crippen LogP contribution in [0.1, 0.15) is 372 Å². The average molecular weight is 956 g/mol. The monoisotopic (exact) mass is 955 g/mol. The Kier molecular flexibility index (Phi) is 58.0. The van der Waals surface area contributed by atoms with Gasteiger partial charge in [-0.05, 0) is 38.8 Å². The SMILES string of the molecule is NCCCCCCCCCCCCCCCCCCCCCCCCCCCCCCC(CCCCCCCCCCCCCCCCCCCCCCCCCCCCCCN)C(F)(F)F. The van der Waals surface area contributed by atoms with Crippen LogP contribution in [0.5, 0.6) is 0 Å². The molecule has 0 saturated carbocycles. The summed E-state index contributed by atoms with van der Waals surface area (Å²) in [5.41, 5.74) is 11.1. The van der Waals surface area contributed by atoms with Gasteiger partial charge < -0.3 is 11.5 Å². The highest BCUT2D eigenvalue weighted by atomic mass is 19.4. The maximum Gasteiger partial charge on any atom is 0.391 e. The van der Waals surface area contributed by atoms with Crippen molar-refractivity contribution in [1.82, 2.24) is 0 Å². The molecule has 0 spiro atoms. The lowest BCUT2D eigenvalue weighted by molar-refractivity contribution is -0.178. The van der Waals surface area contributed by atoms with Crippen LogP contribution >= 0.6 is 0 Å². The Morgan fingerprint density at radius 2 is 0.284 bits per heavy atom. The first-order valence-corrected chi connectivity index (χ1v) is 31.5. The van der Waals surface area contributed by atoms with Crippen molar-refractivity contribution >= 4 is 0 Å². The van der Waals surface area contributed by atoms with E-state index in [4.69, 9.17) is 11.5 Å². The predicted molar refractivity (Wildman–Crippen MR) is 295 cm³/mol. The highest BCUT2D eigenvalue weighted by molar-refractivity contribution is 4.69. The Morgan fingerprint density at radius 1 is 0.179 bits per heavy atom. The number of rotatable bonds is 60. The van der Waals surface area contributed by atoms with Crippen molar-refractivity contribution in [2.24, 2.45) is 17.4 Å². The topological polar surface area (TPSA) is 52.0 Å². The zero-order valence-corrected chi connectivity index (χ0v) is 45.8. The molecule has 0 radical (unpaired) electrons. The number of hydrogen-bond donors (Lipinski definition) is 2. The van der Waals surface area contributed by atoms with E-state index >= 15 is 0 Å². The fourth-order valence-corrected chi connectivity index (χ4v) is 10.7. The van der Waals surface area contributed by atoms with Crippen molar-refractivity contribution in [1.29, 1.82) is 0 Å². The lowest BCUT2D eigenvalue weighted by Gasteiger charge is -2.20. The Labute approximate surface area is 420 Å². The molecule has 0 amide bonds. The van der Waals surface area contributed by atoms with Crippen molar-refractivity contribution in [3.05, 3.63) is 0 Å². The van der Waals surface area contributed by atoms with Gasteiger partial charge in [-0.3, -0.25) is 0 Å². The van der Waals surface area contributed by atoms with Gasteiger partial charge in [-0.15, -0.1) is 0 Å². The second-order valence-electron chi connectivity index (χ2n) is 22.2. The number of alkyl halides is 3. The van der Waals surface area contributed by atoms with Gasteiger partial charge in [0.15, 0.2) is 0 Å². The molecule has 0 fully saturated rings. The zero-order valence-electron chi connectivity index (χ0n) is 45.8. The molecule has 0 unspecified atom stereocenters. The van der Waals surface area contributed by atoms with Gasteiger partial charge in [0, 0.05) is 0 Å². The summed E-state index contributed by atoms with van der Waals surface area (Å²) in [6.07, 6.45) is 71.6. The minimum absolute atomic E-state index is 0.346. The summed E-state index contributed by atoms with van der Waals surface area (Å²) in [7, 11) is 0. The van der Waals surface area contributed by atoms with E-state index in [1.807, 2.05) is 0 Å². The van der Waals surface area contributed by atoms with Crippen LogP contribution in [0.25, 0.3) is 0 Å². The summed E-state index contributed by atoms with van der Waals surface area (Å²) in [6.45, 7) is 1.71. The third kappa shape index (κ3) is 58.2. The average Bonchev–Trinajstić information content (AvgIpc) is 3.32. The van der Waals surface area contributed by atoms with E-state index in [-0.39, 0.29) is 0 Å². The van der Waals surface area contributed by atoms with Gasteiger partial charge in [0.05, 0.1) is 5.92 Å². The molecule has 0 aliphatic rings. The molecule has 0 rings (SSSR count). The lowest BCUT2D eigenvalue weighted by Crippen LogP contribution is -2.22. The molecule has 4 N–H and O–H groups in total. The molecule has 5 heteroatoms. The molecule has 0 saturated heterocycles. The van der Waals surface area contributed by atoms with E-state index in [0.717, 1.165) is 51.6 Å². The lowest BCUT2D eigenvalue weighted by atomic mass is 9.93. The first-order valence-electron chi connectivity index (χ1n) is 31.5. The van der Waals surface area contributed by atoms with E-state index in [1.165, 1.54) is 321 Å². The Morgan fingerprint density at radius 3 is 0.388 bits per heavy atom. The largest absolute Gasteiger partial charge is 0.391 e. The molecule has 0 aliphatic heterocycles. The van der Waals surface area contributed by atoms with Gasteiger partial charge in [-0.2, -0.15) is 13.2 Å². The molecular formula is C62H125F3N2. The van der Waals surface area contributed by atoms with E-state index in [9.17, 15) is 13.2 Å². The van der Waals surface area contributed by atoms with Crippen molar-refractivity contribution in [3.63, 3.8) is 0 Å². The summed E-state index contributed by atoms with van der Waals surface area (Å²) < 4.78 is 41.2. The van der Waals surface area contributed by atoms with E-state index < -0.39 is 12.1 Å². The van der Waals surface area contributed by atoms with Gasteiger partial charge in [0.1, 0.15) is 0 Å². The van der Waals surface area contributed by atoms with Crippen molar-refractivity contribution in [3.8, 4) is 0 Å². The smallest absolute Gasteiger partial charge is 0.330 e. The number of unbranched alkanes of at least 4 members (excludes halogenated alkanes) is 54. The summed E-state index contributed by atoms with van der Waals surface area (Å²) in [6, 6.07) is 0. The van der Waals surface area contributed by atoms with Crippen LogP contribution in [0.4, 0.5) is 13.2 Å². The van der Waals surface area contributed by atoms with Crippen molar-refractivity contribution in [2.75, 3.05) is 13.1 Å². The van der Waals surface area contributed by atoms with Gasteiger partial charge >= 0.3 is 6.18 Å². The molecule has 0 heterocycles. The summed E-state index contributed by atoms with van der Waals surface area (Å²) >= 11 is 0. The molecule has 67 heavy (non-hydrogen) atoms. The molecule has 2 nitrogen and oxygen atoms in total. The Balaban J connectivity index is 3.36. The summed E-state index contributed by atoms with van der Waals surface area (Å²) in [4.78, 5) is 0. The summed E-state index contributed by atoms with van der Waals surface area (Å²) in [5.74, 6) is -1.08. The quantitative estimate of drug-likeness (QED) is 0.0597. The van der Waals surface area contributed by atoms with Gasteiger partial charge in [0.25, 0.3) is 0 Å². The van der Waals surface area contributed by atoms with Crippen LogP contribution in [0, 0.1) is 5.92 Å². The first-order chi connectivity index (χ1) is 33.0. The van der Waals surface area contributed by atoms with Crippen LogP contribution in [0.2, 0.25) is 0 Å². The normalized spacial score (nSPS) is 12.1. The van der Waals surface area contributed by atoms with Crippen molar-refractivity contribution < 1.29 is 13.2 Å². The molecule has 0 aromatic heterocycles. The first kappa shape index (κ1) is 66.7. The Hall–Kier alpha value is -0.290. The van der Waals surface area contributed by atoms with Crippen LogP contribution in [-0.2, 0) is 0 Å². The maximum absolute atomic E-state index is 13.7. The van der Waals surface area contributed by atoms with Gasteiger partial charge in [0.2, 0.25) is 0 Å². The second-order valence-corrected chi connectivity index (χ2v) is 22.2. The van der Waals surface area contributed by atoms with Crippen molar-refractivity contribution in [2.45, 2.75) is 379 Å². The third-order valence-electron chi connectivity index (χ3n) is 15.5. The van der Waals surface area contributed by atoms with Crippen LogP contribution in [0.3, 0.4) is 0 Å². The number of halogens is 3. The summed E-state index contributed by atoms with van der Waals surface area (Å²) in [5, 5.41) is 0. The highest BCUT2D eigenvalue weighted by Gasteiger charge is 2.38. The molecule has 0 aliphatic carbocycles. The molecule has 0 aromatic rings. The Bertz CT molecular complexity index is 802. The van der Waals surface area contributed by atoms with Gasteiger partial charge in [-0.25, -0.2) is 0 Å². The molecule has 0 bridgehead atoms. The fraction of sp³-hybridized carbons (Fsp3) is 1.00. The van der Waals surface area contributed by atoms with E-state index in [0.29, 0.717) is 12.8 Å². The number of hydrogen-bond acceptors (Lipinski definition) is 2. The van der Waals surface area contributed by atoms with E-state index in [1.54, 1.807) is 0 Å². The predicted octanol–water partition coefficient (Wildman–Crippen LogP) is 22.7. The zero-order chi connectivity index (χ0) is 48.5. The van der Waals surface area contributed by atoms with Gasteiger partial charge in [-0.1, -0.05) is 347 Å². The minimum Gasteiger partial charge on any atom is -0.330 e. The molecular weight excluding hydrogens is 830 g/mol. The molecule has 0 atom stereocenters. The third-order valence-corrected chi connectivity index (χ3v) is 15.5. The number of nitrogens with two attached hydrogens (primary N) is 2. The van der Waals surface area contributed by atoms with Crippen LogP contribution in [-0.4, -0.2) is 19.3 Å². The fourth-order valence-electron chi connectivity index (χ4n) is 10.7. The second kappa shape index (κ2) is 58.3. The van der Waals surface area contributed by atoms with Crippen LogP contribution in [0.15, 0.2) is 0 Å². The molecule has 404 valence electrons.